The number of carbonyl (C=O) groups is 1. The fourth-order valence-electron chi connectivity index (χ4n) is 2.76. The SMILES string of the molecule is COc1cc(CN2CCC(=O)Nc3cc(F)ccc32)ccc1C#N. The van der Waals surface area contributed by atoms with Crippen LogP contribution in [-0.2, 0) is 11.3 Å². The van der Waals surface area contributed by atoms with Gasteiger partial charge >= 0.3 is 0 Å². The summed E-state index contributed by atoms with van der Waals surface area (Å²) in [7, 11) is 1.52. The highest BCUT2D eigenvalue weighted by Gasteiger charge is 2.20. The van der Waals surface area contributed by atoms with Crippen molar-refractivity contribution in [2.24, 2.45) is 0 Å². The number of ether oxygens (including phenoxy) is 1. The van der Waals surface area contributed by atoms with Gasteiger partial charge in [0.1, 0.15) is 17.6 Å². The van der Waals surface area contributed by atoms with Crippen LogP contribution in [0.15, 0.2) is 36.4 Å². The molecule has 0 radical (unpaired) electrons. The summed E-state index contributed by atoms with van der Waals surface area (Å²) in [4.78, 5) is 13.8. The Morgan fingerprint density at radius 3 is 2.92 bits per heavy atom. The number of nitrogens with zero attached hydrogens (tertiary/aromatic N) is 2. The Kier molecular flexibility index (Phi) is 4.34. The van der Waals surface area contributed by atoms with Crippen LogP contribution in [0.2, 0.25) is 0 Å². The number of nitriles is 1. The standard InChI is InChI=1S/C18H16FN3O2/c1-24-17-8-12(2-3-13(17)10-20)11-22-7-6-18(23)21-15-9-14(19)4-5-16(15)22/h2-5,8-9H,6-7,11H2,1H3,(H,21,23). The fraction of sp³-hybridized carbons (Fsp3) is 0.222. The molecule has 2 aromatic carbocycles. The number of nitrogens with one attached hydrogen (secondary N) is 1. The van der Waals surface area contributed by atoms with E-state index in [0.29, 0.717) is 36.5 Å². The van der Waals surface area contributed by atoms with Gasteiger partial charge in [-0.25, -0.2) is 4.39 Å². The minimum atomic E-state index is -0.393. The van der Waals surface area contributed by atoms with Crippen LogP contribution in [0.5, 0.6) is 5.75 Å². The maximum Gasteiger partial charge on any atom is 0.226 e. The maximum atomic E-state index is 13.5. The first-order chi connectivity index (χ1) is 11.6. The van der Waals surface area contributed by atoms with Crippen LogP contribution in [0.25, 0.3) is 0 Å². The summed E-state index contributed by atoms with van der Waals surface area (Å²) < 4.78 is 18.7. The molecule has 0 saturated heterocycles. The molecule has 1 aliphatic rings. The van der Waals surface area contributed by atoms with Crippen molar-refractivity contribution >= 4 is 17.3 Å². The molecular formula is C18H16FN3O2. The first kappa shape index (κ1) is 15.8. The molecule has 0 spiro atoms. The molecule has 0 aromatic heterocycles. The minimum Gasteiger partial charge on any atom is -0.495 e. The second kappa shape index (κ2) is 6.59. The zero-order valence-electron chi connectivity index (χ0n) is 13.2. The largest absolute Gasteiger partial charge is 0.495 e. The lowest BCUT2D eigenvalue weighted by Crippen LogP contribution is -2.24. The molecule has 0 saturated carbocycles. The number of halogens is 1. The summed E-state index contributed by atoms with van der Waals surface area (Å²) in [6.07, 6.45) is 0.323. The molecular weight excluding hydrogens is 309 g/mol. The van der Waals surface area contributed by atoms with Crippen molar-refractivity contribution < 1.29 is 13.9 Å². The predicted octanol–water partition coefficient (Wildman–Crippen LogP) is 3.05. The van der Waals surface area contributed by atoms with Crippen molar-refractivity contribution in [3.63, 3.8) is 0 Å². The van der Waals surface area contributed by atoms with Crippen molar-refractivity contribution in [1.29, 1.82) is 5.26 Å². The number of benzene rings is 2. The topological polar surface area (TPSA) is 65.4 Å². The molecule has 0 aliphatic carbocycles. The monoisotopic (exact) mass is 325 g/mol. The highest BCUT2D eigenvalue weighted by atomic mass is 19.1. The van der Waals surface area contributed by atoms with Gasteiger partial charge in [-0.05, 0) is 35.9 Å². The number of hydrogen-bond donors (Lipinski definition) is 1. The van der Waals surface area contributed by atoms with E-state index in [1.807, 2.05) is 17.0 Å². The number of anilines is 2. The van der Waals surface area contributed by atoms with E-state index in [1.165, 1.54) is 19.2 Å². The zero-order valence-corrected chi connectivity index (χ0v) is 13.2. The molecule has 1 amide bonds. The van der Waals surface area contributed by atoms with E-state index in [2.05, 4.69) is 11.4 Å². The summed E-state index contributed by atoms with van der Waals surface area (Å²) in [6, 6.07) is 11.8. The third-order valence-electron chi connectivity index (χ3n) is 3.94. The van der Waals surface area contributed by atoms with Crippen molar-refractivity contribution in [3.05, 3.63) is 53.3 Å². The van der Waals surface area contributed by atoms with E-state index in [9.17, 15) is 9.18 Å². The van der Waals surface area contributed by atoms with Crippen LogP contribution in [0, 0.1) is 17.1 Å². The van der Waals surface area contributed by atoms with E-state index in [-0.39, 0.29) is 5.91 Å². The first-order valence-electron chi connectivity index (χ1n) is 7.52. The lowest BCUT2D eigenvalue weighted by Gasteiger charge is -2.24. The summed E-state index contributed by atoms with van der Waals surface area (Å²) in [6.45, 7) is 1.04. The molecule has 1 aliphatic heterocycles. The van der Waals surface area contributed by atoms with Gasteiger partial charge in [0.05, 0.1) is 24.0 Å². The molecule has 2 aromatic rings. The average Bonchev–Trinajstić information content (AvgIpc) is 2.73. The van der Waals surface area contributed by atoms with Gasteiger partial charge in [-0.3, -0.25) is 4.79 Å². The van der Waals surface area contributed by atoms with Gasteiger partial charge in [-0.15, -0.1) is 0 Å². The molecule has 3 rings (SSSR count). The van der Waals surface area contributed by atoms with Gasteiger partial charge in [-0.2, -0.15) is 5.26 Å². The van der Waals surface area contributed by atoms with E-state index >= 15 is 0 Å². The number of fused-ring (bicyclic) bond motifs is 1. The minimum absolute atomic E-state index is 0.137. The Bertz CT molecular complexity index is 829. The first-order valence-corrected chi connectivity index (χ1v) is 7.52. The molecule has 5 nitrogen and oxygen atoms in total. The lowest BCUT2D eigenvalue weighted by molar-refractivity contribution is -0.115. The number of carbonyl (C=O) groups excluding carboxylic acids is 1. The van der Waals surface area contributed by atoms with Crippen molar-refractivity contribution in [1.82, 2.24) is 0 Å². The Hall–Kier alpha value is -3.07. The molecule has 0 unspecified atom stereocenters. The second-order valence-electron chi connectivity index (χ2n) is 5.53. The summed E-state index contributed by atoms with van der Waals surface area (Å²) in [5.41, 5.74) is 2.65. The normalized spacial score (nSPS) is 13.5. The smallest absolute Gasteiger partial charge is 0.226 e. The Labute approximate surface area is 139 Å². The van der Waals surface area contributed by atoms with Crippen LogP contribution in [0.3, 0.4) is 0 Å². The molecule has 24 heavy (non-hydrogen) atoms. The summed E-state index contributed by atoms with van der Waals surface area (Å²) >= 11 is 0. The molecule has 0 bridgehead atoms. The lowest BCUT2D eigenvalue weighted by atomic mass is 10.1. The maximum absolute atomic E-state index is 13.5. The van der Waals surface area contributed by atoms with E-state index < -0.39 is 5.82 Å². The van der Waals surface area contributed by atoms with Crippen LogP contribution in [-0.4, -0.2) is 19.6 Å². The van der Waals surface area contributed by atoms with Crippen molar-refractivity contribution in [2.45, 2.75) is 13.0 Å². The van der Waals surface area contributed by atoms with Gasteiger partial charge in [-0.1, -0.05) is 6.07 Å². The fourth-order valence-corrected chi connectivity index (χ4v) is 2.76. The van der Waals surface area contributed by atoms with Gasteiger partial charge in [0, 0.05) is 19.5 Å². The quantitative estimate of drug-likeness (QED) is 0.942. The molecule has 1 heterocycles. The third kappa shape index (κ3) is 3.15. The highest BCUT2D eigenvalue weighted by Crippen LogP contribution is 2.31. The van der Waals surface area contributed by atoms with Crippen LogP contribution < -0.4 is 15.0 Å². The average molecular weight is 325 g/mol. The Morgan fingerprint density at radius 2 is 2.17 bits per heavy atom. The van der Waals surface area contributed by atoms with Crippen LogP contribution in [0.4, 0.5) is 15.8 Å². The number of methoxy groups -OCH3 is 1. The van der Waals surface area contributed by atoms with Gasteiger partial charge < -0.3 is 15.0 Å². The molecule has 0 atom stereocenters. The highest BCUT2D eigenvalue weighted by molar-refractivity contribution is 5.96. The van der Waals surface area contributed by atoms with Gasteiger partial charge in [0.25, 0.3) is 0 Å². The van der Waals surface area contributed by atoms with Gasteiger partial charge in [0.15, 0.2) is 0 Å². The van der Waals surface area contributed by atoms with Crippen LogP contribution >= 0.6 is 0 Å². The zero-order chi connectivity index (χ0) is 17.1. The molecule has 6 heteroatoms. The molecule has 122 valence electrons. The number of rotatable bonds is 3. The van der Waals surface area contributed by atoms with E-state index in [1.54, 1.807) is 12.1 Å². The molecule has 0 fully saturated rings. The predicted molar refractivity (Wildman–Crippen MR) is 88.4 cm³/mol. The number of hydrogen-bond acceptors (Lipinski definition) is 4. The van der Waals surface area contributed by atoms with E-state index in [0.717, 1.165) is 11.3 Å². The summed E-state index contributed by atoms with van der Waals surface area (Å²) in [5.74, 6) is -0.0175. The molecule has 1 N–H and O–H groups in total. The Morgan fingerprint density at radius 1 is 1.33 bits per heavy atom. The van der Waals surface area contributed by atoms with Crippen molar-refractivity contribution in [2.75, 3.05) is 23.9 Å². The Balaban J connectivity index is 1.93. The van der Waals surface area contributed by atoms with E-state index in [4.69, 9.17) is 10.00 Å². The van der Waals surface area contributed by atoms with Crippen molar-refractivity contribution in [3.8, 4) is 11.8 Å². The summed E-state index contributed by atoms with van der Waals surface area (Å²) in [5, 5.41) is 11.8. The second-order valence-corrected chi connectivity index (χ2v) is 5.53. The number of amides is 1. The third-order valence-corrected chi connectivity index (χ3v) is 3.94. The van der Waals surface area contributed by atoms with Gasteiger partial charge in [0.2, 0.25) is 5.91 Å². The van der Waals surface area contributed by atoms with Crippen LogP contribution in [0.1, 0.15) is 17.5 Å².